The van der Waals surface area contributed by atoms with E-state index in [2.05, 4.69) is 30.8 Å². The predicted octanol–water partition coefficient (Wildman–Crippen LogP) is 2.40. The molecule has 0 aliphatic heterocycles. The van der Waals surface area contributed by atoms with E-state index < -0.39 is 0 Å². The first-order chi connectivity index (χ1) is 8.63. The van der Waals surface area contributed by atoms with Gasteiger partial charge in [-0.25, -0.2) is 0 Å². The highest BCUT2D eigenvalue weighted by Crippen LogP contribution is 2.14. The summed E-state index contributed by atoms with van der Waals surface area (Å²) in [7, 11) is 0. The van der Waals surface area contributed by atoms with Crippen LogP contribution in [0, 0.1) is 0 Å². The molecule has 0 radical (unpaired) electrons. The Bertz CT molecular complexity index is 404. The molecule has 1 unspecified atom stereocenters. The second kappa shape index (κ2) is 7.01. The Morgan fingerprint density at radius 1 is 1.39 bits per heavy atom. The van der Waals surface area contributed by atoms with Crippen molar-refractivity contribution in [3.8, 4) is 0 Å². The van der Waals surface area contributed by atoms with E-state index in [1.807, 2.05) is 24.3 Å². The van der Waals surface area contributed by atoms with Gasteiger partial charge in [-0.05, 0) is 25.5 Å². The number of oxime groups is 1. The summed E-state index contributed by atoms with van der Waals surface area (Å²) in [4.78, 5) is 2.38. The standard InChI is InChI=1S/C14H23N3O/c1-4-11(3)17(5-2)10-12-8-6-7-9-13(12)14(15)16-18/h6-9,11,18H,4-5,10H2,1-3H3,(H2,15,16). The molecule has 0 saturated carbocycles. The summed E-state index contributed by atoms with van der Waals surface area (Å²) in [6.45, 7) is 8.36. The normalized spacial score (nSPS) is 13.9. The lowest BCUT2D eigenvalue weighted by Gasteiger charge is -2.27. The molecule has 0 aromatic heterocycles. The molecule has 0 saturated heterocycles. The Morgan fingerprint density at radius 3 is 2.61 bits per heavy atom. The predicted molar refractivity (Wildman–Crippen MR) is 74.8 cm³/mol. The van der Waals surface area contributed by atoms with Gasteiger partial charge in [-0.1, -0.05) is 43.3 Å². The SMILES string of the molecule is CCC(C)N(CC)Cc1ccccc1/C(N)=N/O. The van der Waals surface area contributed by atoms with Crippen LogP contribution < -0.4 is 5.73 Å². The largest absolute Gasteiger partial charge is 0.409 e. The van der Waals surface area contributed by atoms with Crippen molar-refractivity contribution in [2.45, 2.75) is 39.8 Å². The van der Waals surface area contributed by atoms with E-state index in [-0.39, 0.29) is 5.84 Å². The van der Waals surface area contributed by atoms with Crippen LogP contribution in [0.2, 0.25) is 0 Å². The molecule has 3 N–H and O–H groups in total. The fourth-order valence-electron chi connectivity index (χ4n) is 2.02. The minimum atomic E-state index is 0.172. The van der Waals surface area contributed by atoms with E-state index in [4.69, 9.17) is 10.9 Å². The van der Waals surface area contributed by atoms with Gasteiger partial charge in [0.2, 0.25) is 0 Å². The van der Waals surface area contributed by atoms with E-state index in [0.717, 1.165) is 30.6 Å². The number of hydrogen-bond acceptors (Lipinski definition) is 3. The van der Waals surface area contributed by atoms with Gasteiger partial charge in [0.15, 0.2) is 5.84 Å². The van der Waals surface area contributed by atoms with Crippen molar-refractivity contribution < 1.29 is 5.21 Å². The molecular weight excluding hydrogens is 226 g/mol. The molecule has 1 aromatic carbocycles. The molecular formula is C14H23N3O. The smallest absolute Gasteiger partial charge is 0.170 e. The summed E-state index contributed by atoms with van der Waals surface area (Å²) in [5, 5.41) is 11.9. The van der Waals surface area contributed by atoms with Crippen molar-refractivity contribution in [1.29, 1.82) is 0 Å². The highest BCUT2D eigenvalue weighted by molar-refractivity contribution is 5.98. The van der Waals surface area contributed by atoms with Gasteiger partial charge in [-0.15, -0.1) is 0 Å². The van der Waals surface area contributed by atoms with Gasteiger partial charge in [0.1, 0.15) is 0 Å². The molecule has 1 atom stereocenters. The third-order valence-electron chi connectivity index (χ3n) is 3.39. The minimum absolute atomic E-state index is 0.172. The molecule has 100 valence electrons. The van der Waals surface area contributed by atoms with Crippen LogP contribution in [0.3, 0.4) is 0 Å². The first kappa shape index (κ1) is 14.5. The molecule has 4 heteroatoms. The third-order valence-corrected chi connectivity index (χ3v) is 3.39. The fourth-order valence-corrected chi connectivity index (χ4v) is 2.02. The van der Waals surface area contributed by atoms with E-state index >= 15 is 0 Å². The lowest BCUT2D eigenvalue weighted by atomic mass is 10.1. The van der Waals surface area contributed by atoms with E-state index in [1.165, 1.54) is 0 Å². The Morgan fingerprint density at radius 2 is 2.06 bits per heavy atom. The Labute approximate surface area is 109 Å². The van der Waals surface area contributed by atoms with Gasteiger partial charge in [-0.2, -0.15) is 0 Å². The molecule has 0 heterocycles. The quantitative estimate of drug-likeness (QED) is 0.352. The number of hydrogen-bond donors (Lipinski definition) is 2. The zero-order chi connectivity index (χ0) is 13.5. The van der Waals surface area contributed by atoms with Crippen LogP contribution in [0.1, 0.15) is 38.3 Å². The topological polar surface area (TPSA) is 61.8 Å². The van der Waals surface area contributed by atoms with Crippen LogP contribution in [-0.4, -0.2) is 28.5 Å². The Kier molecular flexibility index (Phi) is 5.65. The fraction of sp³-hybridized carbons (Fsp3) is 0.500. The maximum absolute atomic E-state index is 8.81. The number of benzene rings is 1. The highest BCUT2D eigenvalue weighted by atomic mass is 16.4. The van der Waals surface area contributed by atoms with Crippen molar-refractivity contribution in [3.05, 3.63) is 35.4 Å². The molecule has 1 rings (SSSR count). The highest BCUT2D eigenvalue weighted by Gasteiger charge is 2.13. The van der Waals surface area contributed by atoms with Gasteiger partial charge in [0.25, 0.3) is 0 Å². The van der Waals surface area contributed by atoms with Gasteiger partial charge < -0.3 is 10.9 Å². The van der Waals surface area contributed by atoms with Crippen molar-refractivity contribution in [1.82, 2.24) is 4.90 Å². The average molecular weight is 249 g/mol. The lowest BCUT2D eigenvalue weighted by molar-refractivity contribution is 0.206. The summed E-state index contributed by atoms with van der Waals surface area (Å²) in [5.41, 5.74) is 7.60. The van der Waals surface area contributed by atoms with Crippen molar-refractivity contribution in [2.75, 3.05) is 6.54 Å². The van der Waals surface area contributed by atoms with E-state index in [9.17, 15) is 0 Å². The van der Waals surface area contributed by atoms with Gasteiger partial charge >= 0.3 is 0 Å². The van der Waals surface area contributed by atoms with Gasteiger partial charge in [0, 0.05) is 18.2 Å². The summed E-state index contributed by atoms with van der Waals surface area (Å²) in [6, 6.07) is 8.31. The molecule has 18 heavy (non-hydrogen) atoms. The molecule has 0 fully saturated rings. The Hall–Kier alpha value is -1.55. The van der Waals surface area contributed by atoms with Crippen molar-refractivity contribution >= 4 is 5.84 Å². The minimum Gasteiger partial charge on any atom is -0.409 e. The lowest BCUT2D eigenvalue weighted by Crippen LogP contribution is -2.32. The zero-order valence-corrected chi connectivity index (χ0v) is 11.4. The number of amidine groups is 1. The van der Waals surface area contributed by atoms with Gasteiger partial charge in [-0.3, -0.25) is 4.90 Å². The first-order valence-corrected chi connectivity index (χ1v) is 6.43. The maximum atomic E-state index is 8.81. The molecule has 0 bridgehead atoms. The second-order valence-electron chi connectivity index (χ2n) is 4.46. The first-order valence-electron chi connectivity index (χ1n) is 6.43. The zero-order valence-electron chi connectivity index (χ0n) is 11.4. The van der Waals surface area contributed by atoms with Gasteiger partial charge in [0.05, 0.1) is 0 Å². The molecule has 0 spiro atoms. The number of nitrogens with two attached hydrogens (primary N) is 1. The van der Waals surface area contributed by atoms with Crippen LogP contribution >= 0.6 is 0 Å². The summed E-state index contributed by atoms with van der Waals surface area (Å²) in [6.07, 6.45) is 1.11. The summed E-state index contributed by atoms with van der Waals surface area (Å²) < 4.78 is 0. The Balaban J connectivity index is 2.96. The van der Waals surface area contributed by atoms with Crippen LogP contribution in [0.4, 0.5) is 0 Å². The molecule has 1 aromatic rings. The number of rotatable bonds is 6. The molecule has 0 amide bonds. The van der Waals surface area contributed by atoms with Crippen LogP contribution in [0.15, 0.2) is 29.4 Å². The third kappa shape index (κ3) is 3.47. The summed E-state index contributed by atoms with van der Waals surface area (Å²) in [5.74, 6) is 0.172. The molecule has 4 nitrogen and oxygen atoms in total. The van der Waals surface area contributed by atoms with E-state index in [0.29, 0.717) is 6.04 Å². The number of nitrogens with zero attached hydrogens (tertiary/aromatic N) is 2. The molecule has 0 aliphatic rings. The monoisotopic (exact) mass is 249 g/mol. The van der Waals surface area contributed by atoms with Crippen molar-refractivity contribution in [2.24, 2.45) is 10.9 Å². The maximum Gasteiger partial charge on any atom is 0.170 e. The molecule has 0 aliphatic carbocycles. The van der Waals surface area contributed by atoms with Crippen molar-refractivity contribution in [3.63, 3.8) is 0 Å². The van der Waals surface area contributed by atoms with E-state index in [1.54, 1.807) is 0 Å². The second-order valence-corrected chi connectivity index (χ2v) is 4.46. The van der Waals surface area contributed by atoms with Crippen LogP contribution in [-0.2, 0) is 6.54 Å². The average Bonchev–Trinajstić information content (AvgIpc) is 2.43. The van der Waals surface area contributed by atoms with Crippen LogP contribution in [0.5, 0.6) is 0 Å². The summed E-state index contributed by atoms with van der Waals surface area (Å²) >= 11 is 0. The van der Waals surface area contributed by atoms with Crippen LogP contribution in [0.25, 0.3) is 0 Å².